The van der Waals surface area contributed by atoms with Crippen molar-refractivity contribution in [1.29, 1.82) is 0 Å². The van der Waals surface area contributed by atoms with Crippen molar-refractivity contribution >= 4 is 39.4 Å². The molecule has 0 aliphatic heterocycles. The van der Waals surface area contributed by atoms with Crippen molar-refractivity contribution < 1.29 is 12.8 Å². The highest BCUT2D eigenvalue weighted by Gasteiger charge is 2.27. The van der Waals surface area contributed by atoms with Gasteiger partial charge in [0.2, 0.25) is 0 Å². The lowest BCUT2D eigenvalue weighted by atomic mass is 10.3. The second-order valence-electron chi connectivity index (χ2n) is 2.97. The zero-order valence-corrected chi connectivity index (χ0v) is 11.5. The first-order valence-electron chi connectivity index (χ1n) is 4.60. The highest BCUT2D eigenvalue weighted by atomic mass is 35.5. The molecule has 0 amide bonds. The number of benzene rings is 1. The molecule has 0 radical (unpaired) electrons. The van der Waals surface area contributed by atoms with E-state index in [1.165, 1.54) is 7.05 Å². The number of rotatable bonds is 6. The number of alkyl halides is 2. The van der Waals surface area contributed by atoms with Gasteiger partial charge in [0.15, 0.2) is 6.01 Å². The van der Waals surface area contributed by atoms with Gasteiger partial charge in [-0.2, -0.15) is 8.42 Å². The van der Waals surface area contributed by atoms with Gasteiger partial charge in [0, 0.05) is 7.05 Å². The van der Waals surface area contributed by atoms with Gasteiger partial charge in [0.25, 0.3) is 0 Å². The molecule has 0 saturated carbocycles. The van der Waals surface area contributed by atoms with Gasteiger partial charge < -0.3 is 0 Å². The number of anilines is 1. The molecule has 8 heteroatoms. The topological polar surface area (TPSA) is 40.6 Å². The molecule has 0 fully saturated rings. The minimum absolute atomic E-state index is 0.311. The fraction of sp³-hybridized carbons (Fsp3) is 0.333. The summed E-state index contributed by atoms with van der Waals surface area (Å²) in [7, 11) is -2.42. The molecule has 4 nitrogen and oxygen atoms in total. The first-order valence-corrected chi connectivity index (χ1v) is 7.48. The summed E-state index contributed by atoms with van der Waals surface area (Å²) in [5.74, 6) is 0. The van der Waals surface area contributed by atoms with Crippen molar-refractivity contribution in [3.8, 4) is 0 Å². The Bertz CT molecular complexity index is 444. The fourth-order valence-electron chi connectivity index (χ4n) is 1.12. The van der Waals surface area contributed by atoms with Gasteiger partial charge in [0.05, 0.1) is 5.69 Å². The third kappa shape index (κ3) is 3.48. The van der Waals surface area contributed by atoms with Gasteiger partial charge in [-0.15, -0.1) is 15.3 Å². The normalized spacial score (nSPS) is 11.8. The average molecular weight is 299 g/mol. The Labute approximate surface area is 110 Å². The van der Waals surface area contributed by atoms with Gasteiger partial charge in [-0.25, -0.2) is 4.39 Å². The van der Waals surface area contributed by atoms with Crippen LogP contribution in [0.4, 0.5) is 10.1 Å². The lowest BCUT2D eigenvalue weighted by Gasteiger charge is -2.25. The summed E-state index contributed by atoms with van der Waals surface area (Å²) in [5.41, 5.74) is 0.488. The summed E-state index contributed by atoms with van der Waals surface area (Å²) >= 11 is 6.01. The quantitative estimate of drug-likeness (QED) is 0.460. The van der Waals surface area contributed by atoms with E-state index in [0.29, 0.717) is 17.6 Å². The molecule has 1 rings (SSSR count). The average Bonchev–Trinajstić information content (AvgIpc) is 2.35. The van der Waals surface area contributed by atoms with Crippen molar-refractivity contribution in [3.05, 3.63) is 30.3 Å². The molecule has 1 aromatic rings. The predicted octanol–water partition coefficient (Wildman–Crippen LogP) is 2.44. The third-order valence-electron chi connectivity index (χ3n) is 2.01. The first kappa shape index (κ1) is 14.6. The van der Waals surface area contributed by atoms with Crippen LogP contribution in [0.3, 0.4) is 0 Å². The van der Waals surface area contributed by atoms with Crippen LogP contribution in [0.15, 0.2) is 30.3 Å². The molecule has 17 heavy (non-hydrogen) atoms. The highest BCUT2D eigenvalue weighted by Crippen LogP contribution is 2.23. The van der Waals surface area contributed by atoms with Crippen LogP contribution < -0.4 is 4.31 Å². The molecule has 0 aromatic heterocycles. The lowest BCUT2D eigenvalue weighted by Crippen LogP contribution is -2.37. The van der Waals surface area contributed by atoms with Gasteiger partial charge in [-0.05, 0) is 24.1 Å². The summed E-state index contributed by atoms with van der Waals surface area (Å²) in [5, 5.41) is 0. The molecule has 0 atom stereocenters. The van der Waals surface area contributed by atoms with E-state index in [0.717, 1.165) is 8.02 Å². The molecular weight excluding hydrogens is 287 g/mol. The van der Waals surface area contributed by atoms with E-state index in [1.54, 1.807) is 30.3 Å². The van der Waals surface area contributed by atoms with Gasteiger partial charge in [-0.1, -0.05) is 18.2 Å². The maximum Gasteiger partial charge on any atom is 0.314 e. The van der Waals surface area contributed by atoms with Crippen LogP contribution in [-0.2, 0) is 10.2 Å². The lowest BCUT2D eigenvalue weighted by molar-refractivity contribution is 0.551. The molecule has 0 N–H and O–H groups in total. The third-order valence-corrected chi connectivity index (χ3v) is 5.48. The van der Waals surface area contributed by atoms with Crippen LogP contribution in [-0.4, -0.2) is 31.2 Å². The number of hydrogen-bond donors (Lipinski definition) is 0. The first-order chi connectivity index (χ1) is 8.04. The second-order valence-corrected chi connectivity index (χ2v) is 6.24. The van der Waals surface area contributed by atoms with E-state index < -0.39 is 16.2 Å². The Morgan fingerprint density at radius 2 is 1.94 bits per heavy atom. The zero-order chi connectivity index (χ0) is 12.9. The van der Waals surface area contributed by atoms with Crippen LogP contribution in [0.5, 0.6) is 0 Å². The largest absolute Gasteiger partial charge is 0.314 e. The zero-order valence-electron chi connectivity index (χ0n) is 9.08. The van der Waals surface area contributed by atoms with E-state index >= 15 is 0 Å². The molecule has 1 aromatic carbocycles. The number of hydrogen-bond acceptors (Lipinski definition) is 3. The van der Waals surface area contributed by atoms with Crippen molar-refractivity contribution in [2.24, 2.45) is 0 Å². The molecule has 0 unspecified atom stereocenters. The van der Waals surface area contributed by atoms with Crippen LogP contribution in [0.2, 0.25) is 0 Å². The molecule has 0 heterocycles. The van der Waals surface area contributed by atoms with Crippen LogP contribution in [0.25, 0.3) is 0 Å². The predicted molar refractivity (Wildman–Crippen MR) is 69.9 cm³/mol. The molecular formula is C9H12ClFN2O2S2. The second kappa shape index (κ2) is 6.44. The Morgan fingerprint density at radius 1 is 1.35 bits per heavy atom. The van der Waals surface area contributed by atoms with Gasteiger partial charge in [-0.3, -0.25) is 4.31 Å². The smallest absolute Gasteiger partial charge is 0.260 e. The summed E-state index contributed by atoms with van der Waals surface area (Å²) in [6, 6.07) is 7.33. The van der Waals surface area contributed by atoms with Crippen molar-refractivity contribution in [1.82, 2.24) is 3.71 Å². The summed E-state index contributed by atoms with van der Waals surface area (Å²) in [4.78, 5) is 0. The van der Waals surface area contributed by atoms with Crippen molar-refractivity contribution in [3.63, 3.8) is 0 Å². The van der Waals surface area contributed by atoms with Crippen LogP contribution >= 0.6 is 23.5 Å². The van der Waals surface area contributed by atoms with E-state index in [-0.39, 0.29) is 6.00 Å². The van der Waals surface area contributed by atoms with E-state index in [4.69, 9.17) is 11.6 Å². The maximum atomic E-state index is 12.2. The molecule has 0 saturated heterocycles. The Hall–Kier alpha value is -0.500. The van der Waals surface area contributed by atoms with E-state index in [1.807, 2.05) is 0 Å². The molecule has 0 aliphatic rings. The van der Waals surface area contributed by atoms with E-state index in [9.17, 15) is 12.8 Å². The molecule has 0 spiro atoms. The monoisotopic (exact) mass is 298 g/mol. The SMILES string of the molecule is CN(c1ccccc1)S(=O)(=O)N(CCl)SCF. The summed E-state index contributed by atoms with van der Waals surface area (Å²) in [6.07, 6.45) is 0. The minimum Gasteiger partial charge on any atom is -0.260 e. The Balaban J connectivity index is 2.97. The summed E-state index contributed by atoms with van der Waals surface area (Å²) in [6.45, 7) is 0. The number of nitrogens with zero attached hydrogens (tertiary/aromatic N) is 2. The van der Waals surface area contributed by atoms with Crippen LogP contribution in [0, 0.1) is 0 Å². The highest BCUT2D eigenvalue weighted by molar-refractivity contribution is 8.08. The Morgan fingerprint density at radius 3 is 2.41 bits per heavy atom. The Kier molecular flexibility index (Phi) is 5.51. The standard InChI is InChI=1S/C9H12ClFN2O2S2/c1-12(9-5-3-2-4-6-9)17(14,15)13(7-10)16-8-11/h2-6H,7-8H2,1H3. The maximum absolute atomic E-state index is 12.2. The number of para-hydroxylation sites is 1. The van der Waals surface area contributed by atoms with E-state index in [2.05, 4.69) is 0 Å². The van der Waals surface area contributed by atoms with Gasteiger partial charge >= 0.3 is 10.2 Å². The van der Waals surface area contributed by atoms with Crippen LogP contribution in [0.1, 0.15) is 0 Å². The van der Waals surface area contributed by atoms with Gasteiger partial charge in [0.1, 0.15) is 6.00 Å². The van der Waals surface area contributed by atoms with Crippen molar-refractivity contribution in [2.45, 2.75) is 0 Å². The fourth-order valence-corrected chi connectivity index (χ4v) is 3.62. The summed E-state index contributed by atoms with van der Waals surface area (Å²) < 4.78 is 38.1. The van der Waals surface area contributed by atoms with Crippen molar-refractivity contribution in [2.75, 3.05) is 23.4 Å². The molecule has 0 aliphatic carbocycles. The number of halogens is 2. The minimum atomic E-state index is -3.81. The molecule has 0 bridgehead atoms. The molecule has 96 valence electrons.